The van der Waals surface area contributed by atoms with Crippen molar-refractivity contribution in [3.8, 4) is 16.9 Å². The molecule has 0 N–H and O–H groups in total. The molecule has 1 aliphatic rings. The normalized spacial score (nSPS) is 14.3. The second-order valence-corrected chi connectivity index (χ2v) is 8.11. The van der Waals surface area contributed by atoms with E-state index < -0.39 is 0 Å². The van der Waals surface area contributed by atoms with Crippen LogP contribution in [-0.4, -0.2) is 25.2 Å². The fourth-order valence-electron chi connectivity index (χ4n) is 4.38. The van der Waals surface area contributed by atoms with E-state index in [0.29, 0.717) is 0 Å². The molecule has 0 unspecified atom stereocenters. The second kappa shape index (κ2) is 9.30. The molecule has 1 aromatic heterocycles. The third kappa shape index (κ3) is 4.39. The van der Waals surface area contributed by atoms with Gasteiger partial charge in [-0.1, -0.05) is 44.0 Å². The fourth-order valence-corrected chi connectivity index (χ4v) is 4.38. The Labute approximate surface area is 174 Å². The van der Waals surface area contributed by atoms with Crippen LogP contribution in [-0.2, 0) is 6.42 Å². The lowest BCUT2D eigenvalue weighted by Gasteiger charge is -2.31. The maximum atomic E-state index is 5.53. The molecular weight excluding hydrogens is 356 g/mol. The largest absolute Gasteiger partial charge is 0.497 e. The van der Waals surface area contributed by atoms with Crippen LogP contribution in [0.4, 0.5) is 5.69 Å². The van der Waals surface area contributed by atoms with Crippen molar-refractivity contribution in [3.63, 3.8) is 0 Å². The predicted octanol–water partition coefficient (Wildman–Crippen LogP) is 6.63. The number of aromatic nitrogens is 1. The highest BCUT2D eigenvalue weighted by atomic mass is 16.5. The quantitative estimate of drug-likeness (QED) is 0.425. The summed E-state index contributed by atoms with van der Waals surface area (Å²) in [5.74, 6) is 0.890. The summed E-state index contributed by atoms with van der Waals surface area (Å²) in [6, 6.07) is 15.4. The van der Waals surface area contributed by atoms with Crippen LogP contribution in [0.3, 0.4) is 0 Å². The van der Waals surface area contributed by atoms with Crippen LogP contribution in [0.1, 0.15) is 51.0 Å². The number of rotatable bonds is 7. The van der Waals surface area contributed by atoms with Crippen LogP contribution in [0.25, 0.3) is 22.0 Å². The zero-order valence-corrected chi connectivity index (χ0v) is 17.8. The molecule has 2 aromatic carbocycles. The number of fused-ring (bicyclic) bond motifs is 1. The number of hydrogen-bond acceptors (Lipinski definition) is 3. The van der Waals surface area contributed by atoms with Gasteiger partial charge in [-0.05, 0) is 61.4 Å². The Balaban J connectivity index is 1.76. The Bertz CT molecular complexity index is 943. The Kier molecular flexibility index (Phi) is 6.33. The maximum Gasteiger partial charge on any atom is 0.119 e. The number of piperidine rings is 1. The zero-order valence-electron chi connectivity index (χ0n) is 17.8. The predicted molar refractivity (Wildman–Crippen MR) is 123 cm³/mol. The van der Waals surface area contributed by atoms with Gasteiger partial charge in [-0.25, -0.2) is 0 Å². The van der Waals surface area contributed by atoms with Crippen LogP contribution in [0.15, 0.2) is 48.7 Å². The summed E-state index contributed by atoms with van der Waals surface area (Å²) in [6.45, 7) is 4.48. The van der Waals surface area contributed by atoms with Gasteiger partial charge in [0.25, 0.3) is 0 Å². The number of methoxy groups -OCH3 is 1. The van der Waals surface area contributed by atoms with Crippen LogP contribution in [0.5, 0.6) is 5.75 Å². The van der Waals surface area contributed by atoms with Crippen molar-refractivity contribution in [2.24, 2.45) is 0 Å². The molecule has 2 heterocycles. The maximum absolute atomic E-state index is 5.53. The average molecular weight is 389 g/mol. The summed E-state index contributed by atoms with van der Waals surface area (Å²) in [4.78, 5) is 7.34. The van der Waals surface area contributed by atoms with E-state index in [4.69, 9.17) is 9.72 Å². The van der Waals surface area contributed by atoms with Crippen LogP contribution < -0.4 is 9.64 Å². The first kappa shape index (κ1) is 19.8. The van der Waals surface area contributed by atoms with Gasteiger partial charge in [0, 0.05) is 30.2 Å². The van der Waals surface area contributed by atoms with E-state index in [-0.39, 0.29) is 0 Å². The van der Waals surface area contributed by atoms with Crippen molar-refractivity contribution in [2.75, 3.05) is 25.1 Å². The topological polar surface area (TPSA) is 25.4 Å². The van der Waals surface area contributed by atoms with Gasteiger partial charge in [0.05, 0.1) is 18.3 Å². The summed E-state index contributed by atoms with van der Waals surface area (Å²) in [5, 5.41) is 1.19. The minimum absolute atomic E-state index is 0.890. The van der Waals surface area contributed by atoms with Crippen molar-refractivity contribution in [2.45, 2.75) is 51.9 Å². The van der Waals surface area contributed by atoms with Gasteiger partial charge in [0.1, 0.15) is 5.75 Å². The lowest BCUT2D eigenvalue weighted by atomic mass is 9.97. The molecule has 0 amide bonds. The second-order valence-electron chi connectivity index (χ2n) is 8.11. The van der Waals surface area contributed by atoms with Crippen LogP contribution in [0.2, 0.25) is 0 Å². The highest BCUT2D eigenvalue weighted by Gasteiger charge is 2.19. The summed E-state index contributed by atoms with van der Waals surface area (Å²) in [6.07, 6.45) is 10.9. The highest BCUT2D eigenvalue weighted by Crippen LogP contribution is 2.39. The molecule has 0 aliphatic carbocycles. The van der Waals surface area contributed by atoms with Crippen molar-refractivity contribution in [1.29, 1.82) is 0 Å². The summed E-state index contributed by atoms with van der Waals surface area (Å²) >= 11 is 0. The number of anilines is 1. The number of pyridine rings is 1. The number of nitrogens with zero attached hydrogens (tertiary/aromatic N) is 2. The minimum Gasteiger partial charge on any atom is -0.497 e. The molecule has 152 valence electrons. The number of hydrogen-bond donors (Lipinski definition) is 0. The molecule has 1 saturated heterocycles. The van der Waals surface area contributed by atoms with Crippen LogP contribution in [0, 0.1) is 0 Å². The Morgan fingerprint density at radius 1 is 0.966 bits per heavy atom. The van der Waals surface area contributed by atoms with Gasteiger partial charge in [0.2, 0.25) is 0 Å². The van der Waals surface area contributed by atoms with Gasteiger partial charge in [0.15, 0.2) is 0 Å². The molecule has 4 rings (SSSR count). The Hall–Kier alpha value is -2.55. The first-order valence-corrected chi connectivity index (χ1v) is 11.1. The summed E-state index contributed by atoms with van der Waals surface area (Å²) < 4.78 is 5.53. The molecule has 3 nitrogen and oxygen atoms in total. The van der Waals surface area contributed by atoms with Crippen molar-refractivity contribution in [3.05, 3.63) is 54.2 Å². The van der Waals surface area contributed by atoms with Gasteiger partial charge in [-0.2, -0.15) is 0 Å². The lowest BCUT2D eigenvalue weighted by molar-refractivity contribution is 0.415. The van der Waals surface area contributed by atoms with E-state index in [1.54, 1.807) is 7.11 Å². The van der Waals surface area contributed by atoms with Gasteiger partial charge < -0.3 is 9.64 Å². The molecule has 29 heavy (non-hydrogen) atoms. The standard InChI is InChI=1S/C26H32N2O/c1-3-4-6-9-20-10-12-21(13-11-20)24-19-27-25-15-14-22(29-2)18-23(25)26(24)28-16-7-5-8-17-28/h10-15,18-19H,3-9,16-17H2,1-2H3. The molecule has 0 saturated carbocycles. The monoisotopic (exact) mass is 388 g/mol. The molecule has 1 aliphatic heterocycles. The van der Waals surface area contributed by atoms with E-state index in [2.05, 4.69) is 54.4 Å². The number of benzene rings is 2. The summed E-state index contributed by atoms with van der Waals surface area (Å²) in [7, 11) is 1.73. The van der Waals surface area contributed by atoms with E-state index in [9.17, 15) is 0 Å². The van der Waals surface area contributed by atoms with E-state index in [1.807, 2.05) is 6.07 Å². The highest BCUT2D eigenvalue weighted by molar-refractivity contribution is 6.00. The molecule has 0 spiro atoms. The average Bonchev–Trinajstić information content (AvgIpc) is 2.79. The first-order valence-electron chi connectivity index (χ1n) is 11.1. The van der Waals surface area contributed by atoms with Crippen molar-refractivity contribution in [1.82, 2.24) is 4.98 Å². The third-order valence-corrected chi connectivity index (χ3v) is 6.05. The SMILES string of the molecule is CCCCCc1ccc(-c2cnc3ccc(OC)cc3c2N2CCCCC2)cc1. The number of ether oxygens (including phenoxy) is 1. The number of aryl methyl sites for hydroxylation is 1. The molecule has 1 fully saturated rings. The molecular formula is C26H32N2O. The third-order valence-electron chi connectivity index (χ3n) is 6.05. The van der Waals surface area contributed by atoms with E-state index in [0.717, 1.165) is 24.4 Å². The smallest absolute Gasteiger partial charge is 0.119 e. The van der Waals surface area contributed by atoms with E-state index in [1.165, 1.54) is 72.7 Å². The molecule has 0 atom stereocenters. The lowest BCUT2D eigenvalue weighted by Crippen LogP contribution is -2.30. The van der Waals surface area contributed by atoms with Gasteiger partial charge >= 0.3 is 0 Å². The minimum atomic E-state index is 0.890. The molecule has 0 bridgehead atoms. The molecule has 0 radical (unpaired) electrons. The van der Waals surface area contributed by atoms with E-state index >= 15 is 0 Å². The first-order chi connectivity index (χ1) is 14.3. The van der Waals surface area contributed by atoms with Crippen LogP contribution >= 0.6 is 0 Å². The van der Waals surface area contributed by atoms with Gasteiger partial charge in [-0.3, -0.25) is 4.98 Å². The fraction of sp³-hybridized carbons (Fsp3) is 0.423. The Morgan fingerprint density at radius 3 is 2.48 bits per heavy atom. The zero-order chi connectivity index (χ0) is 20.1. The molecule has 3 heteroatoms. The number of unbranched alkanes of at least 4 members (excludes halogenated alkanes) is 2. The van der Waals surface area contributed by atoms with Gasteiger partial charge in [-0.15, -0.1) is 0 Å². The van der Waals surface area contributed by atoms with Crippen molar-refractivity contribution < 1.29 is 4.74 Å². The van der Waals surface area contributed by atoms with Crippen molar-refractivity contribution >= 4 is 16.6 Å². The summed E-state index contributed by atoms with van der Waals surface area (Å²) in [5.41, 5.74) is 6.26. The Morgan fingerprint density at radius 2 is 1.76 bits per heavy atom. The molecule has 3 aromatic rings.